The molecule has 2 nitrogen and oxygen atoms in total. The van der Waals surface area contributed by atoms with Crippen LogP contribution in [0.15, 0.2) is 0 Å². The maximum absolute atomic E-state index is 5.85. The molecule has 0 aromatic carbocycles. The van der Waals surface area contributed by atoms with Crippen LogP contribution in [-0.2, 0) is 4.74 Å². The summed E-state index contributed by atoms with van der Waals surface area (Å²) in [5, 5.41) is 0. The minimum Gasteiger partial charge on any atom is -0.374 e. The first-order valence-corrected chi connectivity index (χ1v) is 5.10. The summed E-state index contributed by atoms with van der Waals surface area (Å²) in [5.74, 6) is 2.70. The van der Waals surface area contributed by atoms with E-state index in [9.17, 15) is 0 Å². The number of hydrogen-bond acceptors (Lipinski definition) is 2. The van der Waals surface area contributed by atoms with Crippen LogP contribution in [0, 0.1) is 17.8 Å². The molecule has 0 aromatic rings. The summed E-state index contributed by atoms with van der Waals surface area (Å²) in [4.78, 5) is 0. The molecule has 0 saturated carbocycles. The van der Waals surface area contributed by atoms with Crippen molar-refractivity contribution in [3.63, 3.8) is 0 Å². The van der Waals surface area contributed by atoms with Gasteiger partial charge < -0.3 is 10.5 Å². The standard InChI is InChI=1S/C11H17NO/c1-2-3-6-11(8-12)7-9-4-5-10(11)13-9/h1,9-10H,3-8,12H2. The van der Waals surface area contributed by atoms with Crippen LogP contribution >= 0.6 is 0 Å². The third-order valence-corrected chi connectivity index (χ3v) is 3.60. The molecule has 0 amide bonds. The van der Waals surface area contributed by atoms with Crippen molar-refractivity contribution in [1.29, 1.82) is 0 Å². The summed E-state index contributed by atoms with van der Waals surface area (Å²) < 4.78 is 5.83. The van der Waals surface area contributed by atoms with Gasteiger partial charge in [0.05, 0.1) is 12.2 Å². The largest absolute Gasteiger partial charge is 0.374 e. The number of fused-ring (bicyclic) bond motifs is 2. The van der Waals surface area contributed by atoms with Crippen molar-refractivity contribution in [2.45, 2.75) is 44.3 Å². The highest BCUT2D eigenvalue weighted by atomic mass is 16.5. The van der Waals surface area contributed by atoms with E-state index in [1.54, 1.807) is 0 Å². The highest BCUT2D eigenvalue weighted by Gasteiger charge is 2.50. The molecule has 2 fully saturated rings. The number of rotatable bonds is 3. The summed E-state index contributed by atoms with van der Waals surface area (Å²) in [7, 11) is 0. The molecule has 72 valence electrons. The van der Waals surface area contributed by atoms with E-state index in [-0.39, 0.29) is 5.41 Å². The summed E-state index contributed by atoms with van der Waals surface area (Å²) >= 11 is 0. The lowest BCUT2D eigenvalue weighted by molar-refractivity contribution is 0.0606. The van der Waals surface area contributed by atoms with Crippen molar-refractivity contribution >= 4 is 0 Å². The van der Waals surface area contributed by atoms with E-state index < -0.39 is 0 Å². The van der Waals surface area contributed by atoms with Crippen molar-refractivity contribution < 1.29 is 4.74 Å². The minimum absolute atomic E-state index is 0.218. The maximum atomic E-state index is 5.85. The number of terminal acetylenes is 1. The first-order chi connectivity index (χ1) is 6.30. The molecule has 2 rings (SSSR count). The zero-order valence-electron chi connectivity index (χ0n) is 7.96. The zero-order chi connectivity index (χ0) is 9.31. The molecule has 0 aliphatic carbocycles. The van der Waals surface area contributed by atoms with Crippen molar-refractivity contribution in [3.05, 3.63) is 0 Å². The van der Waals surface area contributed by atoms with Gasteiger partial charge in [0.1, 0.15) is 0 Å². The second-order valence-corrected chi connectivity index (χ2v) is 4.30. The Kier molecular flexibility index (Phi) is 2.31. The fraction of sp³-hybridized carbons (Fsp3) is 0.818. The second-order valence-electron chi connectivity index (χ2n) is 4.30. The lowest BCUT2D eigenvalue weighted by atomic mass is 9.71. The molecule has 2 heterocycles. The molecule has 2 aliphatic rings. The molecule has 2 bridgehead atoms. The van der Waals surface area contributed by atoms with E-state index in [2.05, 4.69) is 5.92 Å². The van der Waals surface area contributed by atoms with Crippen LogP contribution in [0.5, 0.6) is 0 Å². The molecule has 2 aliphatic heterocycles. The van der Waals surface area contributed by atoms with Gasteiger partial charge in [-0.15, -0.1) is 12.3 Å². The Labute approximate surface area is 79.8 Å². The molecule has 2 heteroatoms. The van der Waals surface area contributed by atoms with Crippen molar-refractivity contribution in [1.82, 2.24) is 0 Å². The SMILES string of the molecule is C#CCCC1(CN)CC2CCC1O2. The molecule has 0 aromatic heterocycles. The van der Waals surface area contributed by atoms with Crippen LogP contribution in [0.25, 0.3) is 0 Å². The van der Waals surface area contributed by atoms with Crippen LogP contribution in [0.2, 0.25) is 0 Å². The topological polar surface area (TPSA) is 35.2 Å². The van der Waals surface area contributed by atoms with Gasteiger partial charge in [-0.3, -0.25) is 0 Å². The molecule has 3 atom stereocenters. The average molecular weight is 179 g/mol. The van der Waals surface area contributed by atoms with Gasteiger partial charge in [-0.05, 0) is 25.7 Å². The Balaban J connectivity index is 2.04. The summed E-state index contributed by atoms with van der Waals surface area (Å²) in [6, 6.07) is 0. The van der Waals surface area contributed by atoms with E-state index in [0.29, 0.717) is 12.2 Å². The fourth-order valence-electron chi connectivity index (χ4n) is 2.79. The van der Waals surface area contributed by atoms with E-state index in [1.165, 1.54) is 12.8 Å². The van der Waals surface area contributed by atoms with Crippen LogP contribution in [0.3, 0.4) is 0 Å². The lowest BCUT2D eigenvalue weighted by Gasteiger charge is -2.33. The van der Waals surface area contributed by atoms with E-state index in [4.69, 9.17) is 16.9 Å². The van der Waals surface area contributed by atoms with Gasteiger partial charge in [0.25, 0.3) is 0 Å². The third kappa shape index (κ3) is 1.37. The normalized spacial score (nSPS) is 42.2. The molecular weight excluding hydrogens is 162 g/mol. The van der Waals surface area contributed by atoms with Gasteiger partial charge in [0, 0.05) is 18.4 Å². The fourth-order valence-corrected chi connectivity index (χ4v) is 2.79. The Bertz CT molecular complexity index is 233. The second kappa shape index (κ2) is 3.32. The average Bonchev–Trinajstić information content (AvgIpc) is 2.74. The van der Waals surface area contributed by atoms with Crippen molar-refractivity contribution in [3.8, 4) is 12.3 Å². The summed E-state index contributed by atoms with van der Waals surface area (Å²) in [6.45, 7) is 0.732. The Morgan fingerprint density at radius 1 is 1.54 bits per heavy atom. The minimum atomic E-state index is 0.218. The third-order valence-electron chi connectivity index (χ3n) is 3.60. The molecule has 3 unspecified atom stereocenters. The predicted octanol–water partition coefficient (Wildman–Crippen LogP) is 1.30. The number of hydrogen-bond donors (Lipinski definition) is 1. The van der Waals surface area contributed by atoms with Gasteiger partial charge in [-0.2, -0.15) is 0 Å². The first kappa shape index (κ1) is 9.05. The molecule has 0 spiro atoms. The highest BCUT2D eigenvalue weighted by molar-refractivity contribution is 5.02. The van der Waals surface area contributed by atoms with Crippen LogP contribution in [-0.4, -0.2) is 18.8 Å². The highest BCUT2D eigenvalue weighted by Crippen LogP contribution is 2.49. The van der Waals surface area contributed by atoms with E-state index >= 15 is 0 Å². The van der Waals surface area contributed by atoms with Crippen molar-refractivity contribution in [2.75, 3.05) is 6.54 Å². The Hall–Kier alpha value is -0.520. The molecule has 0 radical (unpaired) electrons. The van der Waals surface area contributed by atoms with Gasteiger partial charge in [0.2, 0.25) is 0 Å². The van der Waals surface area contributed by atoms with Gasteiger partial charge in [0.15, 0.2) is 0 Å². The number of ether oxygens (including phenoxy) is 1. The first-order valence-electron chi connectivity index (χ1n) is 5.10. The van der Waals surface area contributed by atoms with Gasteiger partial charge in [-0.1, -0.05) is 0 Å². The van der Waals surface area contributed by atoms with Crippen LogP contribution < -0.4 is 5.73 Å². The monoisotopic (exact) mass is 179 g/mol. The quantitative estimate of drug-likeness (QED) is 0.663. The van der Waals surface area contributed by atoms with E-state index in [1.807, 2.05) is 0 Å². The predicted molar refractivity (Wildman–Crippen MR) is 52.1 cm³/mol. The lowest BCUT2D eigenvalue weighted by Crippen LogP contribution is -2.39. The van der Waals surface area contributed by atoms with Gasteiger partial charge >= 0.3 is 0 Å². The Morgan fingerprint density at radius 3 is 2.85 bits per heavy atom. The maximum Gasteiger partial charge on any atom is 0.0649 e. The van der Waals surface area contributed by atoms with E-state index in [0.717, 1.165) is 25.8 Å². The number of nitrogens with two attached hydrogens (primary N) is 1. The Morgan fingerprint density at radius 2 is 2.38 bits per heavy atom. The van der Waals surface area contributed by atoms with Crippen molar-refractivity contribution in [2.24, 2.45) is 11.1 Å². The smallest absolute Gasteiger partial charge is 0.0649 e. The molecule has 2 saturated heterocycles. The van der Waals surface area contributed by atoms with Crippen LogP contribution in [0.4, 0.5) is 0 Å². The zero-order valence-corrected chi connectivity index (χ0v) is 7.96. The van der Waals surface area contributed by atoms with Gasteiger partial charge in [-0.25, -0.2) is 0 Å². The molecule has 13 heavy (non-hydrogen) atoms. The summed E-state index contributed by atoms with van der Waals surface area (Å²) in [6.07, 6.45) is 11.6. The summed E-state index contributed by atoms with van der Waals surface area (Å²) in [5.41, 5.74) is 6.07. The molecule has 2 N–H and O–H groups in total. The van der Waals surface area contributed by atoms with Crippen LogP contribution in [0.1, 0.15) is 32.1 Å². The molecular formula is C11H17NO.